The van der Waals surface area contributed by atoms with Gasteiger partial charge in [0, 0.05) is 19.6 Å². The topological polar surface area (TPSA) is 92.8 Å². The number of nitrogens with one attached hydrogen (secondary N) is 1. The van der Waals surface area contributed by atoms with Gasteiger partial charge in [-0.15, -0.1) is 0 Å². The molecule has 0 spiro atoms. The van der Waals surface area contributed by atoms with Gasteiger partial charge in [0.1, 0.15) is 4.90 Å². The highest BCUT2D eigenvalue weighted by Gasteiger charge is 2.25. The summed E-state index contributed by atoms with van der Waals surface area (Å²) in [6.45, 7) is 6.88. The summed E-state index contributed by atoms with van der Waals surface area (Å²) in [5.74, 6) is -0.518. The van der Waals surface area contributed by atoms with Crippen molar-refractivity contribution in [3.05, 3.63) is 27.7 Å². The van der Waals surface area contributed by atoms with Crippen molar-refractivity contribution in [2.75, 3.05) is 26.2 Å². The number of amides is 1. The number of halogens is 2. The number of carbonyl (C=O) groups excluding carboxylic acids is 2. The molecule has 7 nitrogen and oxygen atoms in total. The summed E-state index contributed by atoms with van der Waals surface area (Å²) in [6.07, 6.45) is 1.82. The van der Waals surface area contributed by atoms with Gasteiger partial charge < -0.3 is 9.64 Å². The molecule has 0 atom stereocenters. The monoisotopic (exact) mass is 464 g/mol. The maximum Gasteiger partial charge on any atom is 0.340 e. The molecule has 1 aromatic carbocycles. The van der Waals surface area contributed by atoms with E-state index < -0.39 is 22.6 Å². The highest BCUT2D eigenvalue weighted by atomic mass is 35.5. The van der Waals surface area contributed by atoms with Gasteiger partial charge in [-0.25, -0.2) is 17.9 Å². The Labute approximate surface area is 181 Å². The molecular weight excluding hydrogens is 439 g/mol. The van der Waals surface area contributed by atoms with Crippen LogP contribution in [0.3, 0.4) is 0 Å². The Balaban J connectivity index is 2.11. The number of hydrogen-bond acceptors (Lipinski definition) is 5. The van der Waals surface area contributed by atoms with Crippen LogP contribution >= 0.6 is 23.2 Å². The largest absolute Gasteiger partial charge is 0.452 e. The summed E-state index contributed by atoms with van der Waals surface area (Å²) in [6, 6.07) is 2.25. The third-order valence-corrected chi connectivity index (χ3v) is 6.88. The van der Waals surface area contributed by atoms with E-state index in [0.717, 1.165) is 18.9 Å². The van der Waals surface area contributed by atoms with Crippen LogP contribution in [0, 0.1) is 11.8 Å². The number of piperidine rings is 1. The van der Waals surface area contributed by atoms with Crippen LogP contribution in [0.1, 0.15) is 44.0 Å². The third-order valence-electron chi connectivity index (χ3n) is 4.68. The molecule has 10 heteroatoms. The third kappa shape index (κ3) is 6.57. The summed E-state index contributed by atoms with van der Waals surface area (Å²) in [4.78, 5) is 26.1. The van der Waals surface area contributed by atoms with E-state index in [1.807, 2.05) is 13.8 Å². The normalized spacial score (nSPS) is 15.6. The molecule has 0 unspecified atom stereocenters. The predicted octanol–water partition coefficient (Wildman–Crippen LogP) is 3.34. The van der Waals surface area contributed by atoms with Gasteiger partial charge in [-0.1, -0.05) is 44.0 Å². The molecule has 29 heavy (non-hydrogen) atoms. The molecule has 0 aliphatic carbocycles. The van der Waals surface area contributed by atoms with E-state index in [2.05, 4.69) is 11.6 Å². The highest BCUT2D eigenvalue weighted by Crippen LogP contribution is 2.29. The van der Waals surface area contributed by atoms with E-state index >= 15 is 0 Å². The number of carbonyl (C=O) groups is 2. The first kappa shape index (κ1) is 23.9. The Morgan fingerprint density at radius 2 is 1.83 bits per heavy atom. The van der Waals surface area contributed by atoms with E-state index in [1.165, 1.54) is 6.07 Å². The summed E-state index contributed by atoms with van der Waals surface area (Å²) in [5, 5.41) is -0.164. The van der Waals surface area contributed by atoms with Gasteiger partial charge in [0.05, 0.1) is 15.6 Å². The molecule has 1 saturated heterocycles. The fourth-order valence-electron chi connectivity index (χ4n) is 2.80. The lowest BCUT2D eigenvalue weighted by Gasteiger charge is -2.30. The lowest BCUT2D eigenvalue weighted by atomic mass is 9.99. The summed E-state index contributed by atoms with van der Waals surface area (Å²) >= 11 is 12.1. The lowest BCUT2D eigenvalue weighted by molar-refractivity contribution is -0.135. The number of ether oxygens (including phenoxy) is 1. The number of nitrogens with zero attached hydrogens (tertiary/aromatic N) is 1. The van der Waals surface area contributed by atoms with Crippen molar-refractivity contribution in [2.45, 2.75) is 38.5 Å². The summed E-state index contributed by atoms with van der Waals surface area (Å²) in [7, 11) is -3.94. The van der Waals surface area contributed by atoms with Crippen molar-refractivity contribution in [2.24, 2.45) is 11.8 Å². The van der Waals surface area contributed by atoms with Crippen LogP contribution < -0.4 is 4.72 Å². The van der Waals surface area contributed by atoms with Crippen LogP contribution in [0.15, 0.2) is 17.0 Å². The van der Waals surface area contributed by atoms with Crippen LogP contribution in [-0.2, 0) is 19.6 Å². The van der Waals surface area contributed by atoms with Crippen LogP contribution in [0.2, 0.25) is 10.0 Å². The maximum absolute atomic E-state index is 12.5. The first-order chi connectivity index (χ1) is 13.5. The molecule has 1 amide bonds. The van der Waals surface area contributed by atoms with E-state index in [4.69, 9.17) is 27.9 Å². The van der Waals surface area contributed by atoms with Gasteiger partial charge in [0.25, 0.3) is 5.91 Å². The van der Waals surface area contributed by atoms with Crippen molar-refractivity contribution in [3.8, 4) is 0 Å². The van der Waals surface area contributed by atoms with Gasteiger partial charge in [0.2, 0.25) is 10.0 Å². The second kappa shape index (κ2) is 10.1. The fraction of sp³-hybridized carbons (Fsp3) is 0.579. The molecule has 0 bridgehead atoms. The van der Waals surface area contributed by atoms with Crippen LogP contribution in [-0.4, -0.2) is 51.4 Å². The van der Waals surface area contributed by atoms with Gasteiger partial charge in [-0.3, -0.25) is 4.79 Å². The van der Waals surface area contributed by atoms with Crippen molar-refractivity contribution in [1.29, 1.82) is 0 Å². The van der Waals surface area contributed by atoms with Gasteiger partial charge in [-0.2, -0.15) is 0 Å². The Kier molecular flexibility index (Phi) is 8.34. The molecule has 1 aromatic rings. The van der Waals surface area contributed by atoms with Gasteiger partial charge in [-0.05, 0) is 36.8 Å². The zero-order chi connectivity index (χ0) is 21.8. The molecule has 1 N–H and O–H groups in total. The SMILES string of the molecule is CC(C)CNS(=O)(=O)c1cc(C(=O)OCC(=O)N2CCC(C)CC2)c(Cl)cc1Cl. The predicted molar refractivity (Wildman–Crippen MR) is 112 cm³/mol. The number of hydrogen-bond donors (Lipinski definition) is 1. The zero-order valence-corrected chi connectivity index (χ0v) is 19.0. The van der Waals surface area contributed by atoms with Crippen LogP contribution in [0.4, 0.5) is 0 Å². The molecule has 1 aliphatic heterocycles. The van der Waals surface area contributed by atoms with Crippen molar-refractivity contribution >= 4 is 45.1 Å². The van der Waals surface area contributed by atoms with Gasteiger partial charge in [0.15, 0.2) is 6.61 Å². The smallest absolute Gasteiger partial charge is 0.340 e. The minimum atomic E-state index is -3.94. The first-order valence-corrected chi connectivity index (χ1v) is 11.7. The Morgan fingerprint density at radius 3 is 2.41 bits per heavy atom. The number of rotatable bonds is 7. The van der Waals surface area contributed by atoms with E-state index in [0.29, 0.717) is 19.0 Å². The number of likely N-dealkylation sites (tertiary alicyclic amines) is 1. The van der Waals surface area contributed by atoms with E-state index in [-0.39, 0.29) is 38.9 Å². The molecule has 0 aromatic heterocycles. The first-order valence-electron chi connectivity index (χ1n) is 9.45. The summed E-state index contributed by atoms with van der Waals surface area (Å²) < 4.78 is 32.5. The second-order valence-electron chi connectivity index (χ2n) is 7.65. The molecule has 0 saturated carbocycles. The fourth-order valence-corrected chi connectivity index (χ4v) is 4.86. The minimum absolute atomic E-state index is 0.0537. The van der Waals surface area contributed by atoms with Crippen molar-refractivity contribution in [1.82, 2.24) is 9.62 Å². The average molecular weight is 465 g/mol. The molecular formula is C19H26Cl2N2O5S. The number of sulfonamides is 1. The molecule has 2 rings (SSSR count). The molecule has 1 aliphatic rings. The number of benzene rings is 1. The van der Waals surface area contributed by atoms with Crippen molar-refractivity contribution < 1.29 is 22.7 Å². The molecule has 162 valence electrons. The minimum Gasteiger partial charge on any atom is -0.452 e. The number of esters is 1. The van der Waals surface area contributed by atoms with E-state index in [1.54, 1.807) is 4.90 Å². The quantitative estimate of drug-likeness (QED) is 0.624. The Bertz CT molecular complexity index is 866. The van der Waals surface area contributed by atoms with E-state index in [9.17, 15) is 18.0 Å². The Morgan fingerprint density at radius 1 is 1.21 bits per heavy atom. The maximum atomic E-state index is 12.5. The Hall–Kier alpha value is -1.35. The molecule has 0 radical (unpaired) electrons. The zero-order valence-electron chi connectivity index (χ0n) is 16.7. The molecule has 1 heterocycles. The van der Waals surface area contributed by atoms with Crippen LogP contribution in [0.25, 0.3) is 0 Å². The van der Waals surface area contributed by atoms with Crippen molar-refractivity contribution in [3.63, 3.8) is 0 Å². The molecule has 1 fully saturated rings. The second-order valence-corrected chi connectivity index (χ2v) is 10.2. The lowest BCUT2D eigenvalue weighted by Crippen LogP contribution is -2.40. The average Bonchev–Trinajstić information content (AvgIpc) is 2.64. The standard InChI is InChI=1S/C19H26Cl2N2O5S/c1-12(2)10-22-29(26,27)17-8-14(15(20)9-16(17)21)19(25)28-11-18(24)23-6-4-13(3)5-7-23/h8-9,12-13,22H,4-7,10-11H2,1-3H3. The highest BCUT2D eigenvalue weighted by molar-refractivity contribution is 7.89. The van der Waals surface area contributed by atoms with Crippen LogP contribution in [0.5, 0.6) is 0 Å². The van der Waals surface area contributed by atoms with Gasteiger partial charge >= 0.3 is 5.97 Å². The summed E-state index contributed by atoms with van der Waals surface area (Å²) in [5.41, 5.74) is -0.166.